The zero-order valence-corrected chi connectivity index (χ0v) is 27.3. The van der Waals surface area contributed by atoms with Gasteiger partial charge in [0.1, 0.15) is 11.6 Å². The highest BCUT2D eigenvalue weighted by Gasteiger charge is 2.11. The lowest BCUT2D eigenvalue weighted by Crippen LogP contribution is -2.32. The average Bonchev–Trinajstić information content (AvgIpc) is 3.05. The van der Waals surface area contributed by atoms with Crippen molar-refractivity contribution in [3.05, 3.63) is 89.5 Å². The molecule has 0 bridgehead atoms. The number of halogens is 1. The van der Waals surface area contributed by atoms with Gasteiger partial charge >= 0.3 is 0 Å². The molecule has 2 aromatic carbocycles. The van der Waals surface area contributed by atoms with Crippen LogP contribution in [0.4, 0.5) is 4.39 Å². The Morgan fingerprint density at radius 3 is 2.18 bits per heavy atom. The van der Waals surface area contributed by atoms with E-state index in [1.54, 1.807) is 32.4 Å². The normalized spacial score (nSPS) is 12.1. The molecule has 2 rings (SSSR count). The molecular formula is C36H47FN4O3. The first-order valence-electron chi connectivity index (χ1n) is 14.8. The number of benzene rings is 2. The molecule has 0 N–H and O–H groups in total. The van der Waals surface area contributed by atoms with Gasteiger partial charge in [-0.25, -0.2) is 9.38 Å². The molecule has 1 amide bonds. The lowest BCUT2D eigenvalue weighted by Gasteiger charge is -2.21. The summed E-state index contributed by atoms with van der Waals surface area (Å²) in [5, 5.41) is 0. The van der Waals surface area contributed by atoms with Crippen LogP contribution in [0.2, 0.25) is 0 Å². The van der Waals surface area contributed by atoms with E-state index in [-0.39, 0.29) is 11.7 Å². The zero-order chi connectivity index (χ0) is 32.9. The number of amides is 1. The van der Waals surface area contributed by atoms with Crippen LogP contribution >= 0.6 is 0 Å². The van der Waals surface area contributed by atoms with Crippen LogP contribution in [0, 0.1) is 18.2 Å². The third-order valence-electron chi connectivity index (χ3n) is 6.47. The van der Waals surface area contributed by atoms with E-state index in [0.717, 1.165) is 66.2 Å². The fourth-order valence-electron chi connectivity index (χ4n) is 4.08. The van der Waals surface area contributed by atoms with E-state index < -0.39 is 0 Å². The second-order valence-electron chi connectivity index (χ2n) is 9.64. The van der Waals surface area contributed by atoms with E-state index in [2.05, 4.69) is 34.4 Å². The summed E-state index contributed by atoms with van der Waals surface area (Å²) in [7, 11) is 4.84. The first-order chi connectivity index (χ1) is 21.2. The molecule has 8 heteroatoms. The number of ether oxygens (including phenoxy) is 2. The Morgan fingerprint density at radius 1 is 1.05 bits per heavy atom. The van der Waals surface area contributed by atoms with Crippen molar-refractivity contribution in [3.8, 4) is 18.1 Å². The number of carbonyl (C=O) groups excluding carboxylic acids is 1. The van der Waals surface area contributed by atoms with Crippen molar-refractivity contribution in [2.75, 3.05) is 40.9 Å². The number of hydrogen-bond acceptors (Lipinski definition) is 5. The maximum atomic E-state index is 13.0. The van der Waals surface area contributed by atoms with Gasteiger partial charge in [-0.2, -0.15) is 0 Å². The molecule has 0 fully saturated rings. The fraction of sp³-hybridized carbons (Fsp3) is 0.389. The number of hydrogen-bond donors (Lipinski definition) is 0. The maximum absolute atomic E-state index is 13.0. The molecule has 0 radical (unpaired) electrons. The third-order valence-corrected chi connectivity index (χ3v) is 6.47. The first-order valence-corrected chi connectivity index (χ1v) is 14.8. The predicted octanol–water partition coefficient (Wildman–Crippen LogP) is 7.32. The Labute approximate surface area is 263 Å². The standard InChI is InChI=1S/C19H30N2O2.C17H17FN2O/c1-7-13-21(19(22)9-3)14-11-12-16(5)18(20-10-4)15-17(8-2)23-6;1-12(13-6-10-16(21-3)11-7-13)20-17(19-2)14-4-8-15(18)9-5-14/h2,15H,5,7,9-14H2,1,3-4,6H3;4-11H,1-3H3/b17-15+,20-18?;. The number of amidine groups is 1. The van der Waals surface area contributed by atoms with Crippen LogP contribution in [0.15, 0.2) is 87.5 Å². The van der Waals surface area contributed by atoms with Crippen LogP contribution in [0.1, 0.15) is 64.5 Å². The summed E-state index contributed by atoms with van der Waals surface area (Å²) in [6, 6.07) is 13.8. The van der Waals surface area contributed by atoms with Gasteiger partial charge in [-0.15, -0.1) is 6.42 Å². The van der Waals surface area contributed by atoms with Gasteiger partial charge in [0, 0.05) is 50.5 Å². The molecule has 0 spiro atoms. The topological polar surface area (TPSA) is 75.9 Å². The van der Waals surface area contributed by atoms with Crippen molar-refractivity contribution >= 4 is 23.2 Å². The van der Waals surface area contributed by atoms with Crippen LogP contribution in [-0.2, 0) is 9.53 Å². The predicted molar refractivity (Wildman–Crippen MR) is 182 cm³/mol. The van der Waals surface area contributed by atoms with Crippen molar-refractivity contribution in [3.63, 3.8) is 0 Å². The Bertz CT molecular complexity index is 1350. The minimum atomic E-state index is -0.273. The molecule has 0 aromatic heterocycles. The highest BCUT2D eigenvalue weighted by molar-refractivity contribution is 6.11. The van der Waals surface area contributed by atoms with Crippen molar-refractivity contribution in [2.24, 2.45) is 15.0 Å². The number of carbonyl (C=O) groups is 1. The number of allylic oxidation sites excluding steroid dienone is 3. The highest BCUT2D eigenvalue weighted by atomic mass is 19.1. The van der Waals surface area contributed by atoms with Gasteiger partial charge in [0.15, 0.2) is 11.6 Å². The van der Waals surface area contributed by atoms with Crippen LogP contribution < -0.4 is 4.74 Å². The Hall–Kier alpha value is -4.51. The fourth-order valence-corrected chi connectivity index (χ4v) is 4.08. The largest absolute Gasteiger partial charge is 0.497 e. The summed E-state index contributed by atoms with van der Waals surface area (Å²) in [4.78, 5) is 26.9. The molecule has 0 aliphatic heterocycles. The first kappa shape index (κ1) is 37.5. The summed E-state index contributed by atoms with van der Waals surface area (Å²) in [6.07, 6.45) is 10.3. The summed E-state index contributed by atoms with van der Waals surface area (Å²) in [6.45, 7) is 14.2. The quantitative estimate of drug-likeness (QED) is 0.0985. The van der Waals surface area contributed by atoms with Crippen molar-refractivity contribution < 1.29 is 18.7 Å². The number of aliphatic imine (C=N–C) groups is 3. The van der Waals surface area contributed by atoms with Gasteiger partial charge in [-0.1, -0.05) is 20.4 Å². The van der Waals surface area contributed by atoms with Crippen molar-refractivity contribution in [2.45, 2.75) is 53.4 Å². The SMILES string of the molecule is C#C/C(=C\C(=NCC)C(=C)CCCN(CCC)C(=O)CC)OC.CN=C(N=C(C)c1ccc(OC)cc1)c1ccc(F)cc1. The summed E-state index contributed by atoms with van der Waals surface area (Å²) >= 11 is 0. The van der Waals surface area contributed by atoms with Crippen LogP contribution in [0.3, 0.4) is 0 Å². The minimum absolute atomic E-state index is 0.203. The number of rotatable bonds is 14. The smallest absolute Gasteiger partial charge is 0.222 e. The van der Waals surface area contributed by atoms with E-state index in [1.807, 2.05) is 49.9 Å². The summed E-state index contributed by atoms with van der Waals surface area (Å²) < 4.78 is 23.2. The Morgan fingerprint density at radius 2 is 1.68 bits per heavy atom. The van der Waals surface area contributed by atoms with Gasteiger partial charge in [0.2, 0.25) is 5.91 Å². The minimum Gasteiger partial charge on any atom is -0.497 e. The van der Waals surface area contributed by atoms with Gasteiger partial charge in [0.05, 0.1) is 19.9 Å². The van der Waals surface area contributed by atoms with Crippen LogP contribution in [-0.4, -0.2) is 69.0 Å². The summed E-state index contributed by atoms with van der Waals surface area (Å²) in [5.41, 5.74) is 4.29. The maximum Gasteiger partial charge on any atom is 0.222 e. The second kappa shape index (κ2) is 21.2. The molecule has 7 nitrogen and oxygen atoms in total. The average molecular weight is 603 g/mol. The van der Waals surface area contributed by atoms with E-state index >= 15 is 0 Å². The lowest BCUT2D eigenvalue weighted by molar-refractivity contribution is -0.130. The number of nitrogens with zero attached hydrogens (tertiary/aromatic N) is 4. The molecule has 44 heavy (non-hydrogen) atoms. The molecule has 0 atom stereocenters. The van der Waals surface area contributed by atoms with Crippen LogP contribution in [0.25, 0.3) is 0 Å². The van der Waals surface area contributed by atoms with Gasteiger partial charge < -0.3 is 14.4 Å². The molecule has 0 saturated heterocycles. The monoisotopic (exact) mass is 602 g/mol. The van der Waals surface area contributed by atoms with Crippen molar-refractivity contribution in [1.29, 1.82) is 0 Å². The second-order valence-corrected chi connectivity index (χ2v) is 9.64. The molecule has 2 aromatic rings. The summed E-state index contributed by atoms with van der Waals surface area (Å²) in [5.74, 6) is 4.21. The number of methoxy groups -OCH3 is 2. The van der Waals surface area contributed by atoms with Gasteiger partial charge in [0.25, 0.3) is 0 Å². The lowest BCUT2D eigenvalue weighted by atomic mass is 10.1. The molecule has 0 unspecified atom stereocenters. The van der Waals surface area contributed by atoms with E-state index in [0.29, 0.717) is 24.6 Å². The molecule has 0 aliphatic rings. The Balaban J connectivity index is 0.000000441. The molecule has 236 valence electrons. The molecule has 0 aliphatic carbocycles. The molecule has 0 saturated carbocycles. The van der Waals surface area contributed by atoms with Crippen molar-refractivity contribution in [1.82, 2.24) is 4.90 Å². The zero-order valence-electron chi connectivity index (χ0n) is 27.3. The van der Waals surface area contributed by atoms with Crippen LogP contribution in [0.5, 0.6) is 5.75 Å². The molecule has 0 heterocycles. The van der Waals surface area contributed by atoms with Gasteiger partial charge in [-0.05, 0) is 98.7 Å². The van der Waals surface area contributed by atoms with E-state index in [9.17, 15) is 9.18 Å². The molecular weight excluding hydrogens is 555 g/mol. The van der Waals surface area contributed by atoms with Gasteiger partial charge in [-0.3, -0.25) is 14.8 Å². The number of terminal acetylenes is 1. The Kier molecular flexibility index (Phi) is 18.1. The third kappa shape index (κ3) is 13.2. The highest BCUT2D eigenvalue weighted by Crippen LogP contribution is 2.14. The van der Waals surface area contributed by atoms with E-state index in [1.165, 1.54) is 19.2 Å². The van der Waals surface area contributed by atoms with E-state index in [4.69, 9.17) is 15.9 Å².